The van der Waals surface area contributed by atoms with Gasteiger partial charge in [-0.25, -0.2) is 4.99 Å². The van der Waals surface area contributed by atoms with Crippen molar-refractivity contribution >= 4 is 35.6 Å². The molecule has 0 aliphatic carbocycles. The Labute approximate surface area is 206 Å². The molecule has 0 bridgehead atoms. The largest absolute Gasteiger partial charge is 0.379 e. The highest BCUT2D eigenvalue weighted by Crippen LogP contribution is 2.13. The number of morpholine rings is 1. The monoisotopic (exact) mass is 553 g/mol. The third kappa shape index (κ3) is 8.71. The lowest BCUT2D eigenvalue weighted by molar-refractivity contribution is -0.384. The van der Waals surface area contributed by atoms with Gasteiger partial charge in [-0.1, -0.05) is 42.5 Å². The van der Waals surface area contributed by atoms with Crippen molar-refractivity contribution < 1.29 is 9.66 Å². The molecule has 32 heavy (non-hydrogen) atoms. The maximum absolute atomic E-state index is 10.8. The zero-order valence-corrected chi connectivity index (χ0v) is 20.7. The van der Waals surface area contributed by atoms with Gasteiger partial charge in [0.15, 0.2) is 5.96 Å². The number of nitrogens with one attached hydrogen (secondary N) is 2. The van der Waals surface area contributed by atoms with E-state index in [1.165, 1.54) is 17.7 Å². The molecule has 1 saturated heterocycles. The van der Waals surface area contributed by atoms with Crippen LogP contribution in [-0.2, 0) is 11.3 Å². The van der Waals surface area contributed by atoms with Gasteiger partial charge in [-0.15, -0.1) is 24.0 Å². The van der Waals surface area contributed by atoms with Crippen LogP contribution in [0.2, 0.25) is 0 Å². The first-order chi connectivity index (χ1) is 15.1. The first-order valence-corrected chi connectivity index (χ1v) is 10.7. The molecule has 1 aliphatic rings. The Morgan fingerprint density at radius 1 is 1.16 bits per heavy atom. The number of nitrogens with zero attached hydrogens (tertiary/aromatic N) is 3. The number of ether oxygens (including phenoxy) is 1. The van der Waals surface area contributed by atoms with E-state index < -0.39 is 4.92 Å². The van der Waals surface area contributed by atoms with Crippen molar-refractivity contribution in [3.8, 4) is 0 Å². The molecule has 0 saturated carbocycles. The van der Waals surface area contributed by atoms with Crippen molar-refractivity contribution in [1.82, 2.24) is 15.5 Å². The molecule has 2 N–H and O–H groups in total. The Kier molecular flexibility index (Phi) is 11.4. The zero-order valence-electron chi connectivity index (χ0n) is 18.4. The molecular formula is C23H32IN5O3. The van der Waals surface area contributed by atoms with Crippen LogP contribution in [0.1, 0.15) is 30.5 Å². The van der Waals surface area contributed by atoms with E-state index in [-0.39, 0.29) is 35.7 Å². The molecule has 1 heterocycles. The highest BCUT2D eigenvalue weighted by Gasteiger charge is 2.11. The fourth-order valence-corrected chi connectivity index (χ4v) is 3.41. The van der Waals surface area contributed by atoms with E-state index in [0.29, 0.717) is 6.54 Å². The number of nitro benzene ring substituents is 1. The maximum Gasteiger partial charge on any atom is 0.269 e. The van der Waals surface area contributed by atoms with Gasteiger partial charge in [-0.05, 0) is 31.0 Å². The van der Waals surface area contributed by atoms with Crippen LogP contribution >= 0.6 is 24.0 Å². The van der Waals surface area contributed by atoms with Crippen LogP contribution in [0.4, 0.5) is 5.69 Å². The predicted molar refractivity (Wildman–Crippen MR) is 138 cm³/mol. The SMILES string of the molecule is CC(NC(=NCc1ccc([N+](=O)[O-])cc1)NCCCN1CCOCC1)c1ccccc1.I. The molecule has 0 amide bonds. The van der Waals surface area contributed by atoms with Crippen molar-refractivity contribution in [1.29, 1.82) is 0 Å². The first-order valence-electron chi connectivity index (χ1n) is 10.7. The van der Waals surface area contributed by atoms with Crippen LogP contribution in [-0.4, -0.2) is 55.2 Å². The summed E-state index contributed by atoms with van der Waals surface area (Å²) >= 11 is 0. The Bertz CT molecular complexity index is 842. The Balaban J connectivity index is 0.00000363. The summed E-state index contributed by atoms with van der Waals surface area (Å²) in [5, 5.41) is 17.7. The van der Waals surface area contributed by atoms with Crippen molar-refractivity contribution in [3.63, 3.8) is 0 Å². The lowest BCUT2D eigenvalue weighted by Crippen LogP contribution is -2.41. The van der Waals surface area contributed by atoms with E-state index in [0.717, 1.165) is 57.3 Å². The van der Waals surface area contributed by atoms with Crippen LogP contribution in [0.5, 0.6) is 0 Å². The lowest BCUT2D eigenvalue weighted by Gasteiger charge is -2.26. The number of halogens is 1. The summed E-state index contributed by atoms with van der Waals surface area (Å²) in [6.45, 7) is 7.99. The topological polar surface area (TPSA) is 92.0 Å². The van der Waals surface area contributed by atoms with Crippen LogP contribution in [0.25, 0.3) is 0 Å². The van der Waals surface area contributed by atoms with Gasteiger partial charge in [-0.2, -0.15) is 0 Å². The summed E-state index contributed by atoms with van der Waals surface area (Å²) < 4.78 is 5.40. The molecule has 3 rings (SSSR count). The molecule has 0 spiro atoms. The van der Waals surface area contributed by atoms with E-state index in [1.54, 1.807) is 12.1 Å². The Morgan fingerprint density at radius 2 is 1.84 bits per heavy atom. The molecule has 1 fully saturated rings. The maximum atomic E-state index is 10.8. The predicted octanol–water partition coefficient (Wildman–Crippen LogP) is 3.73. The molecule has 8 nitrogen and oxygen atoms in total. The minimum atomic E-state index is -0.391. The summed E-state index contributed by atoms with van der Waals surface area (Å²) in [5.74, 6) is 0.733. The fourth-order valence-electron chi connectivity index (χ4n) is 3.41. The average molecular weight is 553 g/mol. The molecule has 1 aliphatic heterocycles. The van der Waals surface area contributed by atoms with E-state index >= 15 is 0 Å². The van der Waals surface area contributed by atoms with Gasteiger partial charge in [0.1, 0.15) is 0 Å². The van der Waals surface area contributed by atoms with Crippen LogP contribution < -0.4 is 10.6 Å². The Hall–Kier alpha value is -2.24. The lowest BCUT2D eigenvalue weighted by atomic mass is 10.1. The van der Waals surface area contributed by atoms with Gasteiger partial charge in [0.2, 0.25) is 0 Å². The fraction of sp³-hybridized carbons (Fsp3) is 0.435. The second-order valence-corrected chi connectivity index (χ2v) is 7.60. The van der Waals surface area contributed by atoms with Gasteiger partial charge >= 0.3 is 0 Å². The van der Waals surface area contributed by atoms with Gasteiger partial charge in [0, 0.05) is 31.8 Å². The summed E-state index contributed by atoms with van der Waals surface area (Å²) in [7, 11) is 0. The van der Waals surface area contributed by atoms with E-state index in [2.05, 4.69) is 34.6 Å². The second kappa shape index (κ2) is 14.0. The normalized spacial score (nSPS) is 15.5. The summed E-state index contributed by atoms with van der Waals surface area (Å²) in [6.07, 6.45) is 1.01. The number of hydrogen-bond acceptors (Lipinski definition) is 5. The van der Waals surface area contributed by atoms with E-state index in [1.807, 2.05) is 18.2 Å². The summed E-state index contributed by atoms with van der Waals surface area (Å²) in [4.78, 5) is 17.6. The number of rotatable bonds is 9. The van der Waals surface area contributed by atoms with Gasteiger partial charge in [-0.3, -0.25) is 15.0 Å². The van der Waals surface area contributed by atoms with E-state index in [4.69, 9.17) is 9.73 Å². The third-order valence-electron chi connectivity index (χ3n) is 5.27. The van der Waals surface area contributed by atoms with Crippen molar-refractivity contribution in [2.24, 2.45) is 4.99 Å². The highest BCUT2D eigenvalue weighted by molar-refractivity contribution is 14.0. The number of benzene rings is 2. The quantitative estimate of drug-likeness (QED) is 0.123. The minimum absolute atomic E-state index is 0. The third-order valence-corrected chi connectivity index (χ3v) is 5.27. The van der Waals surface area contributed by atoms with Gasteiger partial charge < -0.3 is 15.4 Å². The van der Waals surface area contributed by atoms with E-state index in [9.17, 15) is 10.1 Å². The number of aliphatic imine (C=N–C) groups is 1. The number of guanidine groups is 1. The molecule has 1 unspecified atom stereocenters. The molecule has 1 atom stereocenters. The van der Waals surface area contributed by atoms with Gasteiger partial charge in [0.25, 0.3) is 5.69 Å². The standard InChI is InChI=1S/C23H31N5O3.HI/c1-19(21-6-3-2-4-7-21)26-23(24-12-5-13-27-14-16-31-17-15-27)25-18-20-8-10-22(11-9-20)28(29)30;/h2-4,6-11,19H,5,12-18H2,1H3,(H2,24,25,26);1H. The molecular weight excluding hydrogens is 521 g/mol. The van der Waals surface area contributed by atoms with Crippen molar-refractivity contribution in [2.75, 3.05) is 39.4 Å². The van der Waals surface area contributed by atoms with Crippen LogP contribution in [0.15, 0.2) is 59.6 Å². The average Bonchev–Trinajstić information content (AvgIpc) is 2.81. The minimum Gasteiger partial charge on any atom is -0.379 e. The molecule has 0 aromatic heterocycles. The zero-order chi connectivity index (χ0) is 21.9. The van der Waals surface area contributed by atoms with Crippen molar-refractivity contribution in [3.05, 3.63) is 75.8 Å². The van der Waals surface area contributed by atoms with Crippen LogP contribution in [0.3, 0.4) is 0 Å². The first kappa shape index (κ1) is 26.0. The second-order valence-electron chi connectivity index (χ2n) is 7.60. The summed E-state index contributed by atoms with van der Waals surface area (Å²) in [5.41, 5.74) is 2.19. The number of nitro groups is 1. The molecule has 2 aromatic carbocycles. The number of non-ortho nitro benzene ring substituents is 1. The smallest absolute Gasteiger partial charge is 0.269 e. The molecule has 2 aromatic rings. The van der Waals surface area contributed by atoms with Gasteiger partial charge in [0.05, 0.1) is 30.7 Å². The molecule has 174 valence electrons. The number of hydrogen-bond donors (Lipinski definition) is 2. The van der Waals surface area contributed by atoms with Crippen LogP contribution in [0, 0.1) is 10.1 Å². The molecule has 0 radical (unpaired) electrons. The molecule has 9 heteroatoms. The highest BCUT2D eigenvalue weighted by atomic mass is 127. The summed E-state index contributed by atoms with van der Waals surface area (Å²) in [6, 6.07) is 16.9. The van der Waals surface area contributed by atoms with Crippen molar-refractivity contribution in [2.45, 2.75) is 25.9 Å². The Morgan fingerprint density at radius 3 is 2.50 bits per heavy atom.